The van der Waals surface area contributed by atoms with Crippen molar-refractivity contribution in [3.05, 3.63) is 78.6 Å². The third-order valence-electron chi connectivity index (χ3n) is 7.29. The molecule has 2 aromatic carbocycles. The van der Waals surface area contributed by atoms with Crippen molar-refractivity contribution in [3.8, 4) is 17.0 Å². The number of likely N-dealkylation sites (tertiary alicyclic amines) is 1. The highest BCUT2D eigenvalue weighted by molar-refractivity contribution is 6.07. The number of carbonyl (C=O) groups excluding carboxylic acids is 2. The largest absolute Gasteiger partial charge is 0.495 e. The van der Waals surface area contributed by atoms with Gasteiger partial charge in [-0.15, -0.1) is 0 Å². The number of amides is 2. The molecule has 1 fully saturated rings. The van der Waals surface area contributed by atoms with E-state index in [1.807, 2.05) is 46.8 Å². The second-order valence-corrected chi connectivity index (χ2v) is 9.69. The van der Waals surface area contributed by atoms with Gasteiger partial charge in [0.2, 0.25) is 0 Å². The molecule has 10 nitrogen and oxygen atoms in total. The van der Waals surface area contributed by atoms with E-state index in [9.17, 15) is 14.7 Å². The summed E-state index contributed by atoms with van der Waals surface area (Å²) in [6, 6.07) is 14.8. The second kappa shape index (κ2) is 10.8. The van der Waals surface area contributed by atoms with Crippen LogP contribution in [0.25, 0.3) is 22.2 Å². The predicted molar refractivity (Wildman–Crippen MR) is 150 cm³/mol. The van der Waals surface area contributed by atoms with Gasteiger partial charge in [0, 0.05) is 42.8 Å². The number of hydrogen-bond donors (Lipinski definition) is 3. The minimum Gasteiger partial charge on any atom is -0.495 e. The summed E-state index contributed by atoms with van der Waals surface area (Å²) in [5, 5.41) is 18.8. The Kier molecular flexibility index (Phi) is 7.23. The fourth-order valence-corrected chi connectivity index (χ4v) is 5.20. The van der Waals surface area contributed by atoms with Crippen LogP contribution in [-0.4, -0.2) is 62.6 Å². The highest BCUT2D eigenvalue weighted by Gasteiger charge is 2.27. The van der Waals surface area contributed by atoms with E-state index < -0.39 is 12.1 Å². The molecule has 39 heavy (non-hydrogen) atoms. The number of fused-ring (bicyclic) bond motifs is 1. The smallest absolute Gasteiger partial charge is 0.272 e. The van der Waals surface area contributed by atoms with Crippen LogP contribution >= 0.6 is 0 Å². The van der Waals surface area contributed by atoms with Crippen LogP contribution in [0.2, 0.25) is 0 Å². The molecule has 4 aromatic rings. The van der Waals surface area contributed by atoms with Crippen molar-refractivity contribution in [2.45, 2.75) is 25.1 Å². The van der Waals surface area contributed by atoms with Crippen LogP contribution in [0.5, 0.6) is 5.75 Å². The van der Waals surface area contributed by atoms with Crippen LogP contribution < -0.4 is 15.8 Å². The molecule has 2 atom stereocenters. The fraction of sp³-hybridized carbons (Fsp3) is 0.276. The number of aromatic nitrogens is 3. The van der Waals surface area contributed by atoms with Gasteiger partial charge in [0.15, 0.2) is 0 Å². The van der Waals surface area contributed by atoms with Gasteiger partial charge < -0.3 is 25.5 Å². The Morgan fingerprint density at radius 1 is 1.26 bits per heavy atom. The first-order valence-electron chi connectivity index (χ1n) is 12.8. The molecular formula is C29H32N6O4. The lowest BCUT2D eigenvalue weighted by molar-refractivity contribution is 0.0121. The summed E-state index contributed by atoms with van der Waals surface area (Å²) in [6.45, 7) is 4.99. The first-order chi connectivity index (χ1) is 18.8. The molecule has 3 heterocycles. The number of aliphatic hydroxyl groups excluding tert-OH is 1. The lowest BCUT2D eigenvalue weighted by Gasteiger charge is -2.34. The lowest BCUT2D eigenvalue weighted by Crippen LogP contribution is -2.42. The monoisotopic (exact) mass is 528 g/mol. The molecule has 5 rings (SSSR count). The zero-order chi connectivity index (χ0) is 27.7. The predicted octanol–water partition coefficient (Wildman–Crippen LogP) is 3.54. The number of aliphatic hydroxyl groups is 1. The van der Waals surface area contributed by atoms with E-state index >= 15 is 0 Å². The number of hydrogen-bond acceptors (Lipinski definition) is 6. The number of para-hydroxylation sites is 1. The first kappa shape index (κ1) is 26.2. The Morgan fingerprint density at radius 2 is 2.05 bits per heavy atom. The highest BCUT2D eigenvalue weighted by Crippen LogP contribution is 2.33. The summed E-state index contributed by atoms with van der Waals surface area (Å²) in [6.07, 6.45) is 4.14. The molecule has 1 saturated heterocycles. The van der Waals surface area contributed by atoms with Gasteiger partial charge >= 0.3 is 0 Å². The van der Waals surface area contributed by atoms with Gasteiger partial charge in [-0.2, -0.15) is 5.10 Å². The van der Waals surface area contributed by atoms with Crippen LogP contribution in [-0.2, 0) is 7.05 Å². The summed E-state index contributed by atoms with van der Waals surface area (Å²) < 4.78 is 9.19. The summed E-state index contributed by atoms with van der Waals surface area (Å²) >= 11 is 0. The molecule has 2 aromatic heterocycles. The van der Waals surface area contributed by atoms with Gasteiger partial charge in [-0.1, -0.05) is 30.8 Å². The molecular weight excluding hydrogens is 496 g/mol. The number of nitrogens with zero attached hydrogens (tertiary/aromatic N) is 4. The zero-order valence-corrected chi connectivity index (χ0v) is 22.0. The molecule has 1 aliphatic rings. The number of benzene rings is 2. The molecule has 202 valence electrons. The number of ether oxygens (including phenoxy) is 1. The minimum absolute atomic E-state index is 0.0403. The molecule has 0 aliphatic carbocycles. The van der Waals surface area contributed by atoms with Crippen molar-refractivity contribution in [2.24, 2.45) is 12.8 Å². The normalized spacial score (nSPS) is 16.6. The molecule has 1 unspecified atom stereocenters. The lowest BCUT2D eigenvalue weighted by atomic mass is 10.1. The topological polar surface area (TPSA) is 128 Å². The van der Waals surface area contributed by atoms with E-state index in [4.69, 9.17) is 15.6 Å². The second-order valence-electron chi connectivity index (χ2n) is 9.69. The Morgan fingerprint density at radius 3 is 2.77 bits per heavy atom. The molecule has 0 bridgehead atoms. The number of carbonyl (C=O) groups is 2. The zero-order valence-electron chi connectivity index (χ0n) is 22.0. The quantitative estimate of drug-likeness (QED) is 0.300. The highest BCUT2D eigenvalue weighted by atomic mass is 16.5. The Labute approximate surface area is 226 Å². The van der Waals surface area contributed by atoms with Crippen molar-refractivity contribution in [3.63, 3.8) is 0 Å². The average molecular weight is 529 g/mol. The maximum atomic E-state index is 13.2. The number of anilines is 1. The van der Waals surface area contributed by atoms with Crippen LogP contribution in [0.3, 0.4) is 0 Å². The summed E-state index contributed by atoms with van der Waals surface area (Å²) in [5.74, 6) is -0.449. The van der Waals surface area contributed by atoms with Gasteiger partial charge in [0.25, 0.3) is 11.8 Å². The van der Waals surface area contributed by atoms with Gasteiger partial charge in [0.1, 0.15) is 23.4 Å². The molecule has 0 spiro atoms. The number of nitrogens with one attached hydrogen (secondary N) is 1. The van der Waals surface area contributed by atoms with E-state index in [1.165, 1.54) is 13.2 Å². The van der Waals surface area contributed by atoms with Gasteiger partial charge in [-0.05, 0) is 43.2 Å². The number of rotatable bonds is 8. The standard InChI is InChI=1S/C29H32N6O4/c1-4-26(36)34-13-7-9-20(16-34)35-17-21(28(30)37)27(32-35)19-11-12-22(25(15-19)39-3)31-29(38)24-14-18-8-5-6-10-23(18)33(24)2/h4-6,8,10-12,14-15,17,20,26,36H,1,7,9,13,16H2,2-3H3,(H2,30,37)(H,31,38)/t20-,26?/m1/s1. The summed E-state index contributed by atoms with van der Waals surface area (Å²) in [5.41, 5.74) is 9.01. The van der Waals surface area contributed by atoms with E-state index in [-0.39, 0.29) is 17.5 Å². The first-order valence-corrected chi connectivity index (χ1v) is 12.8. The van der Waals surface area contributed by atoms with Crippen LogP contribution in [0.4, 0.5) is 5.69 Å². The Bertz CT molecular complexity index is 1550. The molecule has 4 N–H and O–H groups in total. The average Bonchev–Trinajstić information content (AvgIpc) is 3.55. The maximum Gasteiger partial charge on any atom is 0.272 e. The molecule has 2 amide bonds. The van der Waals surface area contributed by atoms with E-state index in [0.29, 0.717) is 34.9 Å². The van der Waals surface area contributed by atoms with Gasteiger partial charge in [0.05, 0.1) is 24.4 Å². The molecule has 0 radical (unpaired) electrons. The maximum absolute atomic E-state index is 13.2. The van der Waals surface area contributed by atoms with Crippen molar-refractivity contribution >= 4 is 28.4 Å². The SMILES string of the molecule is C=CC(O)N1CCC[C@@H](n2cc(C(N)=O)c(-c3ccc(NC(=O)c4cc5ccccc5n4C)c(OC)c3)n2)C1. The van der Waals surface area contributed by atoms with Crippen molar-refractivity contribution in [2.75, 3.05) is 25.5 Å². The van der Waals surface area contributed by atoms with Gasteiger partial charge in [-0.25, -0.2) is 0 Å². The van der Waals surface area contributed by atoms with Gasteiger partial charge in [-0.3, -0.25) is 19.2 Å². The van der Waals surface area contributed by atoms with Crippen LogP contribution in [0.1, 0.15) is 39.7 Å². The van der Waals surface area contributed by atoms with Crippen molar-refractivity contribution in [1.82, 2.24) is 19.2 Å². The Balaban J connectivity index is 1.43. The van der Waals surface area contributed by atoms with Crippen LogP contribution in [0, 0.1) is 0 Å². The van der Waals surface area contributed by atoms with E-state index in [1.54, 1.807) is 29.1 Å². The number of piperidine rings is 1. The Hall–Kier alpha value is -4.41. The number of primary amides is 1. The third-order valence-corrected chi connectivity index (χ3v) is 7.29. The van der Waals surface area contributed by atoms with Crippen LogP contribution in [0.15, 0.2) is 67.4 Å². The summed E-state index contributed by atoms with van der Waals surface area (Å²) in [7, 11) is 3.36. The number of nitrogens with two attached hydrogens (primary N) is 1. The van der Waals surface area contributed by atoms with E-state index in [2.05, 4.69) is 11.9 Å². The van der Waals surface area contributed by atoms with E-state index in [0.717, 1.165) is 30.3 Å². The van der Waals surface area contributed by atoms with Crippen molar-refractivity contribution < 1.29 is 19.4 Å². The summed E-state index contributed by atoms with van der Waals surface area (Å²) in [4.78, 5) is 27.4. The third kappa shape index (κ3) is 5.04. The molecule has 10 heteroatoms. The number of methoxy groups -OCH3 is 1. The fourth-order valence-electron chi connectivity index (χ4n) is 5.20. The number of aryl methyl sites for hydroxylation is 1. The molecule has 0 saturated carbocycles. The minimum atomic E-state index is -0.737. The van der Waals surface area contributed by atoms with Crippen molar-refractivity contribution in [1.29, 1.82) is 0 Å². The molecule has 1 aliphatic heterocycles.